The molecule has 1 N–H and O–H groups in total. The van der Waals surface area contributed by atoms with Gasteiger partial charge in [0, 0.05) is 23.7 Å². The van der Waals surface area contributed by atoms with Gasteiger partial charge in [-0.3, -0.25) is 0 Å². The monoisotopic (exact) mass is 284 g/mol. The fraction of sp³-hybridized carbons (Fsp3) is 0.600. The SMILES string of the molecule is CC(C)NCCn1nnnc1SCc1cscn1. The first-order chi connectivity index (χ1) is 8.75. The summed E-state index contributed by atoms with van der Waals surface area (Å²) in [5, 5.41) is 18.0. The second-order valence-corrected chi connectivity index (χ2v) is 5.72. The van der Waals surface area contributed by atoms with Crippen LogP contribution in [0.25, 0.3) is 0 Å². The minimum absolute atomic E-state index is 0.479. The molecule has 2 rings (SSSR count). The summed E-state index contributed by atoms with van der Waals surface area (Å²) in [6.07, 6.45) is 0. The number of nitrogens with zero attached hydrogens (tertiary/aromatic N) is 5. The third kappa shape index (κ3) is 4.04. The van der Waals surface area contributed by atoms with Gasteiger partial charge in [-0.05, 0) is 10.4 Å². The van der Waals surface area contributed by atoms with Crippen LogP contribution in [0.15, 0.2) is 16.0 Å². The van der Waals surface area contributed by atoms with E-state index in [4.69, 9.17) is 0 Å². The van der Waals surface area contributed by atoms with E-state index in [9.17, 15) is 0 Å². The minimum atomic E-state index is 0.479. The molecule has 0 aliphatic heterocycles. The number of hydrogen-bond donors (Lipinski definition) is 1. The van der Waals surface area contributed by atoms with Gasteiger partial charge in [0.1, 0.15) is 0 Å². The number of hydrogen-bond acceptors (Lipinski definition) is 7. The molecule has 0 fully saturated rings. The van der Waals surface area contributed by atoms with Crippen LogP contribution < -0.4 is 5.32 Å². The average Bonchev–Trinajstić information content (AvgIpc) is 2.96. The molecule has 8 heteroatoms. The van der Waals surface area contributed by atoms with Crippen molar-refractivity contribution < 1.29 is 0 Å². The molecule has 0 aliphatic rings. The molecule has 2 aromatic rings. The Labute approximate surface area is 114 Å². The molecular formula is C10H16N6S2. The first kappa shape index (κ1) is 13.4. The van der Waals surface area contributed by atoms with Crippen LogP contribution in [-0.4, -0.2) is 37.8 Å². The zero-order chi connectivity index (χ0) is 12.8. The maximum Gasteiger partial charge on any atom is 0.209 e. The average molecular weight is 284 g/mol. The third-order valence-electron chi connectivity index (χ3n) is 2.21. The van der Waals surface area contributed by atoms with Crippen molar-refractivity contribution >= 4 is 23.1 Å². The predicted molar refractivity (Wildman–Crippen MR) is 72.6 cm³/mol. The number of thiazole rings is 1. The van der Waals surface area contributed by atoms with Gasteiger partial charge in [0.15, 0.2) is 0 Å². The Hall–Kier alpha value is -0.990. The lowest BCUT2D eigenvalue weighted by Gasteiger charge is -2.08. The van der Waals surface area contributed by atoms with Crippen LogP contribution in [-0.2, 0) is 12.3 Å². The topological polar surface area (TPSA) is 68.5 Å². The molecule has 0 unspecified atom stereocenters. The van der Waals surface area contributed by atoms with E-state index in [-0.39, 0.29) is 0 Å². The first-order valence-electron chi connectivity index (χ1n) is 5.75. The Morgan fingerprint density at radius 2 is 2.39 bits per heavy atom. The van der Waals surface area contributed by atoms with Crippen LogP contribution >= 0.6 is 23.1 Å². The second kappa shape index (κ2) is 6.81. The quantitative estimate of drug-likeness (QED) is 0.776. The molecule has 2 aromatic heterocycles. The largest absolute Gasteiger partial charge is 0.313 e. The summed E-state index contributed by atoms with van der Waals surface area (Å²) < 4.78 is 1.83. The number of tetrazole rings is 1. The molecule has 0 aromatic carbocycles. The van der Waals surface area contributed by atoms with E-state index < -0.39 is 0 Å². The molecule has 0 bridgehead atoms. The zero-order valence-corrected chi connectivity index (χ0v) is 12.0. The molecule has 2 heterocycles. The van der Waals surface area contributed by atoms with Crippen LogP contribution in [0.4, 0.5) is 0 Å². The maximum atomic E-state index is 4.24. The molecule has 0 amide bonds. The van der Waals surface area contributed by atoms with Crippen LogP contribution in [0, 0.1) is 0 Å². The van der Waals surface area contributed by atoms with Crippen molar-refractivity contribution in [1.29, 1.82) is 0 Å². The standard InChI is InChI=1S/C10H16N6S2/c1-8(2)11-3-4-16-10(13-14-15-16)18-6-9-5-17-7-12-9/h5,7-8,11H,3-4,6H2,1-2H3. The van der Waals surface area contributed by atoms with Crippen molar-refractivity contribution in [2.24, 2.45) is 0 Å². The van der Waals surface area contributed by atoms with E-state index in [1.165, 1.54) is 0 Å². The highest BCUT2D eigenvalue weighted by Gasteiger charge is 2.07. The van der Waals surface area contributed by atoms with Crippen LogP contribution in [0.3, 0.4) is 0 Å². The van der Waals surface area contributed by atoms with Crippen molar-refractivity contribution in [3.8, 4) is 0 Å². The van der Waals surface area contributed by atoms with Crippen molar-refractivity contribution in [2.75, 3.05) is 6.54 Å². The molecule has 98 valence electrons. The summed E-state index contributed by atoms with van der Waals surface area (Å²) in [5.41, 5.74) is 2.91. The smallest absolute Gasteiger partial charge is 0.209 e. The van der Waals surface area contributed by atoms with E-state index in [1.54, 1.807) is 23.1 Å². The van der Waals surface area contributed by atoms with Gasteiger partial charge in [0.25, 0.3) is 0 Å². The lowest BCUT2D eigenvalue weighted by atomic mass is 10.4. The summed E-state index contributed by atoms with van der Waals surface area (Å²) in [5.74, 6) is 0.807. The highest BCUT2D eigenvalue weighted by atomic mass is 32.2. The molecule has 18 heavy (non-hydrogen) atoms. The normalized spacial score (nSPS) is 11.3. The lowest BCUT2D eigenvalue weighted by Crippen LogP contribution is -2.27. The molecule has 6 nitrogen and oxygen atoms in total. The fourth-order valence-electron chi connectivity index (χ4n) is 1.35. The minimum Gasteiger partial charge on any atom is -0.313 e. The van der Waals surface area contributed by atoms with E-state index in [0.29, 0.717) is 6.04 Å². The van der Waals surface area contributed by atoms with E-state index in [2.05, 4.69) is 39.7 Å². The second-order valence-electron chi connectivity index (χ2n) is 4.06. The summed E-state index contributed by atoms with van der Waals surface area (Å²) in [6.45, 7) is 5.90. The van der Waals surface area contributed by atoms with Gasteiger partial charge < -0.3 is 5.32 Å². The summed E-state index contributed by atoms with van der Waals surface area (Å²) in [7, 11) is 0. The highest BCUT2D eigenvalue weighted by molar-refractivity contribution is 7.98. The third-order valence-corrected chi connectivity index (χ3v) is 3.83. The summed E-state index contributed by atoms with van der Waals surface area (Å²) in [6, 6.07) is 0.479. The Morgan fingerprint density at radius 3 is 3.11 bits per heavy atom. The fourth-order valence-corrected chi connectivity index (χ4v) is 2.82. The van der Waals surface area contributed by atoms with E-state index in [0.717, 1.165) is 29.7 Å². The number of thioether (sulfide) groups is 1. The Bertz CT molecular complexity index is 453. The van der Waals surface area contributed by atoms with Gasteiger partial charge in [-0.25, -0.2) is 9.67 Å². The predicted octanol–water partition coefficient (Wildman–Crippen LogP) is 1.42. The van der Waals surface area contributed by atoms with Gasteiger partial charge >= 0.3 is 0 Å². The molecule has 0 atom stereocenters. The number of rotatable bonds is 7. The van der Waals surface area contributed by atoms with E-state index >= 15 is 0 Å². The van der Waals surface area contributed by atoms with Crippen molar-refractivity contribution in [2.45, 2.75) is 37.3 Å². The molecular weight excluding hydrogens is 268 g/mol. The lowest BCUT2D eigenvalue weighted by molar-refractivity contribution is 0.485. The van der Waals surface area contributed by atoms with Gasteiger partial charge in [0.2, 0.25) is 5.16 Å². The van der Waals surface area contributed by atoms with Gasteiger partial charge in [-0.1, -0.05) is 25.6 Å². The van der Waals surface area contributed by atoms with Crippen LogP contribution in [0.5, 0.6) is 0 Å². The first-order valence-corrected chi connectivity index (χ1v) is 7.68. The van der Waals surface area contributed by atoms with Crippen molar-refractivity contribution in [3.05, 3.63) is 16.6 Å². The Morgan fingerprint density at radius 1 is 1.50 bits per heavy atom. The summed E-state index contributed by atoms with van der Waals surface area (Å²) >= 11 is 3.22. The number of nitrogens with one attached hydrogen (secondary N) is 1. The molecule has 0 saturated heterocycles. The van der Waals surface area contributed by atoms with E-state index in [1.807, 2.05) is 15.6 Å². The molecule has 0 radical (unpaired) electrons. The van der Waals surface area contributed by atoms with Crippen molar-refractivity contribution in [3.63, 3.8) is 0 Å². The van der Waals surface area contributed by atoms with Crippen LogP contribution in [0.2, 0.25) is 0 Å². The van der Waals surface area contributed by atoms with Gasteiger partial charge in [-0.15, -0.1) is 16.4 Å². The molecule has 0 spiro atoms. The van der Waals surface area contributed by atoms with Crippen molar-refractivity contribution in [1.82, 2.24) is 30.5 Å². The van der Waals surface area contributed by atoms with Gasteiger partial charge in [0.05, 0.1) is 17.7 Å². The Kier molecular flexibility index (Phi) is 5.09. The highest BCUT2D eigenvalue weighted by Crippen LogP contribution is 2.19. The summed E-state index contributed by atoms with van der Waals surface area (Å²) in [4.78, 5) is 4.24. The zero-order valence-electron chi connectivity index (χ0n) is 10.4. The molecule has 0 saturated carbocycles. The molecule has 0 aliphatic carbocycles. The maximum absolute atomic E-state index is 4.24. The Balaban J connectivity index is 1.83. The van der Waals surface area contributed by atoms with Gasteiger partial charge in [-0.2, -0.15) is 0 Å². The van der Waals surface area contributed by atoms with Crippen LogP contribution in [0.1, 0.15) is 19.5 Å². The number of aromatic nitrogens is 5.